The Hall–Kier alpha value is -1.84. The summed E-state index contributed by atoms with van der Waals surface area (Å²) < 4.78 is 5.86. The Morgan fingerprint density at radius 2 is 2.22 bits per heavy atom. The maximum absolute atomic E-state index is 10.3. The molecule has 3 heteroatoms. The van der Waals surface area contributed by atoms with Crippen LogP contribution in [-0.2, 0) is 4.74 Å². The zero-order valence-electron chi connectivity index (χ0n) is 14.5. The van der Waals surface area contributed by atoms with Crippen LogP contribution >= 0.6 is 0 Å². The first-order valence-electron chi connectivity index (χ1n) is 8.13. The molecular weight excluding hydrogens is 286 g/mol. The van der Waals surface area contributed by atoms with Crippen molar-refractivity contribution in [3.63, 3.8) is 0 Å². The molecule has 0 aromatic carbocycles. The lowest BCUT2D eigenvalue weighted by molar-refractivity contribution is 0.135. The van der Waals surface area contributed by atoms with Gasteiger partial charge in [-0.05, 0) is 56.9 Å². The quantitative estimate of drug-likeness (QED) is 0.495. The van der Waals surface area contributed by atoms with Gasteiger partial charge in [0.2, 0.25) is 0 Å². The Balaban J connectivity index is 2.54. The molecule has 0 aromatic rings. The number of hydrogen-bond donors (Lipinski definition) is 2. The van der Waals surface area contributed by atoms with Crippen molar-refractivity contribution in [3.05, 3.63) is 71.8 Å². The van der Waals surface area contributed by atoms with Gasteiger partial charge in [0.15, 0.2) is 0 Å². The molecule has 1 unspecified atom stereocenters. The molecule has 0 saturated carbocycles. The maximum Gasteiger partial charge on any atom is 0.130 e. The first kappa shape index (κ1) is 19.2. The molecule has 0 aliphatic heterocycles. The average Bonchev–Trinajstić information content (AvgIpc) is 2.55. The van der Waals surface area contributed by atoms with Gasteiger partial charge in [-0.25, -0.2) is 0 Å². The molecule has 1 atom stereocenters. The molecule has 1 rings (SSSR count). The standard InChI is InChI=1S/C20H29NO2/c1-5-7-13-20(16(3)4)23-19(6-2)18(22)15-21-14-17-11-9-8-10-12-17/h5-7,9,11-13,18,21-22H,1,8,10,14-15H2,2-4H3/b13-7-,19-6-. The minimum absolute atomic E-state index is 0.450. The van der Waals surface area contributed by atoms with Gasteiger partial charge in [-0.3, -0.25) is 0 Å². The zero-order chi connectivity index (χ0) is 17.1. The summed E-state index contributed by atoms with van der Waals surface area (Å²) in [6.07, 6.45) is 15.3. The second-order valence-electron chi connectivity index (χ2n) is 5.66. The Labute approximate surface area is 140 Å². The summed E-state index contributed by atoms with van der Waals surface area (Å²) in [5.74, 6) is 1.28. The summed E-state index contributed by atoms with van der Waals surface area (Å²) in [5, 5.41) is 13.6. The van der Waals surface area contributed by atoms with Crippen LogP contribution in [0, 0.1) is 0 Å². The molecule has 0 bridgehead atoms. The van der Waals surface area contributed by atoms with E-state index in [1.807, 2.05) is 32.9 Å². The largest absolute Gasteiger partial charge is 0.459 e. The molecular formula is C20H29NO2. The number of nitrogens with one attached hydrogen (secondary N) is 1. The highest BCUT2D eigenvalue weighted by atomic mass is 16.5. The van der Waals surface area contributed by atoms with Gasteiger partial charge >= 0.3 is 0 Å². The van der Waals surface area contributed by atoms with Crippen LogP contribution in [0.1, 0.15) is 33.6 Å². The number of rotatable bonds is 9. The lowest BCUT2D eigenvalue weighted by atomic mass is 10.1. The van der Waals surface area contributed by atoms with E-state index in [0.717, 1.165) is 30.7 Å². The molecule has 0 radical (unpaired) electrons. The molecule has 126 valence electrons. The smallest absolute Gasteiger partial charge is 0.130 e. The van der Waals surface area contributed by atoms with Gasteiger partial charge in [0.1, 0.15) is 17.6 Å². The summed E-state index contributed by atoms with van der Waals surface area (Å²) >= 11 is 0. The Morgan fingerprint density at radius 1 is 1.43 bits per heavy atom. The Bertz CT molecular complexity index is 532. The van der Waals surface area contributed by atoms with Crippen molar-refractivity contribution in [1.82, 2.24) is 5.32 Å². The number of aliphatic hydroxyl groups excluding tert-OH is 1. The van der Waals surface area contributed by atoms with Crippen LogP contribution < -0.4 is 5.32 Å². The van der Waals surface area contributed by atoms with E-state index in [9.17, 15) is 5.11 Å². The van der Waals surface area contributed by atoms with E-state index in [4.69, 9.17) is 4.74 Å². The van der Waals surface area contributed by atoms with Crippen LogP contribution in [0.4, 0.5) is 0 Å². The van der Waals surface area contributed by atoms with Gasteiger partial charge in [0.05, 0.1) is 0 Å². The molecule has 0 fully saturated rings. The SMILES string of the molecule is C=C/C=C\C(O/C(=C\C)C(O)CNCC1=CCCC=C1)=C(C)C. The number of aliphatic hydroxyl groups is 1. The molecule has 0 amide bonds. The molecule has 0 spiro atoms. The number of allylic oxidation sites excluding steroid dienone is 7. The number of hydrogen-bond acceptors (Lipinski definition) is 3. The van der Waals surface area contributed by atoms with Crippen LogP contribution in [-0.4, -0.2) is 24.3 Å². The van der Waals surface area contributed by atoms with E-state index >= 15 is 0 Å². The Kier molecular flexibility index (Phi) is 9.03. The molecule has 1 aliphatic rings. The minimum atomic E-state index is -0.681. The van der Waals surface area contributed by atoms with Gasteiger partial charge in [-0.2, -0.15) is 0 Å². The van der Waals surface area contributed by atoms with Crippen LogP contribution in [0.25, 0.3) is 0 Å². The Morgan fingerprint density at radius 3 is 2.78 bits per heavy atom. The summed E-state index contributed by atoms with van der Waals surface area (Å²) in [6.45, 7) is 10.7. The molecule has 3 nitrogen and oxygen atoms in total. The molecule has 0 heterocycles. The van der Waals surface area contributed by atoms with Crippen LogP contribution in [0.15, 0.2) is 71.8 Å². The first-order chi connectivity index (χ1) is 11.1. The van der Waals surface area contributed by atoms with E-state index in [1.165, 1.54) is 5.57 Å². The summed E-state index contributed by atoms with van der Waals surface area (Å²) in [7, 11) is 0. The van der Waals surface area contributed by atoms with Crippen molar-refractivity contribution in [2.24, 2.45) is 0 Å². The average molecular weight is 315 g/mol. The van der Waals surface area contributed by atoms with Crippen molar-refractivity contribution >= 4 is 0 Å². The third-order valence-electron chi connectivity index (χ3n) is 3.46. The minimum Gasteiger partial charge on any atom is -0.459 e. The van der Waals surface area contributed by atoms with Crippen molar-refractivity contribution in [3.8, 4) is 0 Å². The zero-order valence-corrected chi connectivity index (χ0v) is 14.5. The predicted molar refractivity (Wildman–Crippen MR) is 97.9 cm³/mol. The van der Waals surface area contributed by atoms with Crippen LogP contribution in [0.5, 0.6) is 0 Å². The fourth-order valence-electron chi connectivity index (χ4n) is 2.16. The lowest BCUT2D eigenvalue weighted by Crippen LogP contribution is -2.30. The number of ether oxygens (including phenoxy) is 1. The summed E-state index contributed by atoms with van der Waals surface area (Å²) in [4.78, 5) is 0. The first-order valence-corrected chi connectivity index (χ1v) is 8.13. The highest BCUT2D eigenvalue weighted by Crippen LogP contribution is 2.16. The van der Waals surface area contributed by atoms with Crippen molar-refractivity contribution in [2.75, 3.05) is 13.1 Å². The topological polar surface area (TPSA) is 41.5 Å². The highest BCUT2D eigenvalue weighted by Gasteiger charge is 2.13. The van der Waals surface area contributed by atoms with Crippen LogP contribution in [0.2, 0.25) is 0 Å². The van der Waals surface area contributed by atoms with Crippen molar-refractivity contribution in [2.45, 2.75) is 39.7 Å². The third kappa shape index (κ3) is 7.31. The fourth-order valence-corrected chi connectivity index (χ4v) is 2.16. The van der Waals surface area contributed by atoms with E-state index < -0.39 is 6.10 Å². The molecule has 2 N–H and O–H groups in total. The van der Waals surface area contributed by atoms with E-state index in [-0.39, 0.29) is 0 Å². The highest BCUT2D eigenvalue weighted by molar-refractivity contribution is 5.24. The molecule has 0 aromatic heterocycles. The fraction of sp³-hybridized carbons (Fsp3) is 0.400. The van der Waals surface area contributed by atoms with E-state index in [2.05, 4.69) is 30.1 Å². The third-order valence-corrected chi connectivity index (χ3v) is 3.46. The van der Waals surface area contributed by atoms with Gasteiger partial charge in [-0.1, -0.05) is 37.0 Å². The summed E-state index contributed by atoms with van der Waals surface area (Å²) in [6, 6.07) is 0. The lowest BCUT2D eigenvalue weighted by Gasteiger charge is -2.18. The predicted octanol–water partition coefficient (Wildman–Crippen LogP) is 4.17. The molecule has 1 aliphatic carbocycles. The van der Waals surface area contributed by atoms with Gasteiger partial charge in [-0.15, -0.1) is 0 Å². The van der Waals surface area contributed by atoms with Gasteiger partial charge in [0, 0.05) is 13.1 Å². The van der Waals surface area contributed by atoms with Crippen molar-refractivity contribution in [1.29, 1.82) is 0 Å². The van der Waals surface area contributed by atoms with Crippen molar-refractivity contribution < 1.29 is 9.84 Å². The second-order valence-corrected chi connectivity index (χ2v) is 5.66. The molecule has 23 heavy (non-hydrogen) atoms. The van der Waals surface area contributed by atoms with E-state index in [0.29, 0.717) is 12.3 Å². The van der Waals surface area contributed by atoms with Crippen LogP contribution in [0.3, 0.4) is 0 Å². The molecule has 0 saturated heterocycles. The van der Waals surface area contributed by atoms with Gasteiger partial charge in [0.25, 0.3) is 0 Å². The second kappa shape index (κ2) is 10.8. The normalized spacial score (nSPS) is 16.2. The van der Waals surface area contributed by atoms with E-state index in [1.54, 1.807) is 12.2 Å². The monoisotopic (exact) mass is 315 g/mol. The maximum atomic E-state index is 10.3. The van der Waals surface area contributed by atoms with Gasteiger partial charge < -0.3 is 15.2 Å². The summed E-state index contributed by atoms with van der Waals surface area (Å²) in [5.41, 5.74) is 2.31.